The Kier molecular flexibility index (Phi) is 5.93. The quantitative estimate of drug-likeness (QED) is 0.653. The van der Waals surface area contributed by atoms with E-state index in [1.165, 1.54) is 0 Å². The molecule has 0 aliphatic carbocycles. The zero-order valence-corrected chi connectivity index (χ0v) is 8.04. The topological polar surface area (TPSA) is 46.5 Å². The van der Waals surface area contributed by atoms with E-state index in [9.17, 15) is 9.90 Å². The number of carbonyl (C=O) groups excluding carboxylic acids is 1. The molecule has 0 saturated carbocycles. The number of methoxy groups -OCH3 is 1. The molecule has 0 bridgehead atoms. The summed E-state index contributed by atoms with van der Waals surface area (Å²) in [5, 5.41) is 9.24. The minimum atomic E-state index is -0.434. The summed E-state index contributed by atoms with van der Waals surface area (Å²) in [5.74, 6) is 0.233. The Morgan fingerprint density at radius 1 is 1.50 bits per heavy atom. The van der Waals surface area contributed by atoms with E-state index in [0.29, 0.717) is 13.0 Å². The number of hydrogen-bond donors (Lipinski definition) is 1. The van der Waals surface area contributed by atoms with E-state index in [0.717, 1.165) is 6.42 Å². The highest BCUT2D eigenvalue weighted by Gasteiger charge is 2.10. The fourth-order valence-electron chi connectivity index (χ4n) is 0.921. The minimum absolute atomic E-state index is 0.0523. The van der Waals surface area contributed by atoms with Crippen LogP contribution < -0.4 is 0 Å². The van der Waals surface area contributed by atoms with Crippen LogP contribution in [0.25, 0.3) is 0 Å². The van der Waals surface area contributed by atoms with Crippen LogP contribution in [0.3, 0.4) is 0 Å². The molecule has 1 N–H and O–H groups in total. The van der Waals surface area contributed by atoms with Crippen LogP contribution in [0.2, 0.25) is 0 Å². The highest BCUT2D eigenvalue weighted by molar-refractivity contribution is 5.77. The van der Waals surface area contributed by atoms with Gasteiger partial charge in [0.25, 0.3) is 0 Å². The van der Waals surface area contributed by atoms with Gasteiger partial charge < -0.3 is 9.84 Å². The van der Waals surface area contributed by atoms with Crippen LogP contribution in [-0.4, -0.2) is 30.7 Å². The third kappa shape index (κ3) is 5.27. The standard InChI is InChI=1S/C9H18O3/c1-7(8(2)10)4-5-9(11)6-12-3/h7,9,11H,4-6H2,1-3H3. The second-order valence-corrected chi connectivity index (χ2v) is 3.20. The van der Waals surface area contributed by atoms with Crippen molar-refractivity contribution in [2.45, 2.75) is 32.8 Å². The van der Waals surface area contributed by atoms with Gasteiger partial charge >= 0.3 is 0 Å². The summed E-state index contributed by atoms with van der Waals surface area (Å²) in [7, 11) is 1.55. The first-order chi connectivity index (χ1) is 5.57. The van der Waals surface area contributed by atoms with E-state index in [-0.39, 0.29) is 11.7 Å². The van der Waals surface area contributed by atoms with Crippen molar-refractivity contribution < 1.29 is 14.6 Å². The van der Waals surface area contributed by atoms with Crippen LogP contribution >= 0.6 is 0 Å². The molecule has 0 aliphatic rings. The molecule has 0 aromatic heterocycles. The first-order valence-corrected chi connectivity index (χ1v) is 4.25. The van der Waals surface area contributed by atoms with Crippen LogP contribution in [0.4, 0.5) is 0 Å². The van der Waals surface area contributed by atoms with E-state index in [2.05, 4.69) is 0 Å². The van der Waals surface area contributed by atoms with Gasteiger partial charge in [-0.1, -0.05) is 6.92 Å². The van der Waals surface area contributed by atoms with Crippen molar-refractivity contribution in [3.63, 3.8) is 0 Å². The molecule has 0 amide bonds. The Morgan fingerprint density at radius 2 is 2.08 bits per heavy atom. The molecule has 0 heterocycles. The van der Waals surface area contributed by atoms with Crippen LogP contribution in [0.5, 0.6) is 0 Å². The predicted molar refractivity (Wildman–Crippen MR) is 47.0 cm³/mol. The molecule has 12 heavy (non-hydrogen) atoms. The molecular weight excluding hydrogens is 156 g/mol. The summed E-state index contributed by atoms with van der Waals surface area (Å²) in [5.41, 5.74) is 0. The molecule has 0 saturated heterocycles. The van der Waals surface area contributed by atoms with E-state index in [4.69, 9.17) is 4.74 Å². The normalized spacial score (nSPS) is 15.7. The molecular formula is C9H18O3. The molecule has 0 fully saturated rings. The van der Waals surface area contributed by atoms with Crippen molar-refractivity contribution in [1.29, 1.82) is 0 Å². The van der Waals surface area contributed by atoms with Crippen LogP contribution in [0.15, 0.2) is 0 Å². The van der Waals surface area contributed by atoms with Gasteiger partial charge in [-0.2, -0.15) is 0 Å². The summed E-state index contributed by atoms with van der Waals surface area (Å²) in [4.78, 5) is 10.8. The van der Waals surface area contributed by atoms with E-state index >= 15 is 0 Å². The van der Waals surface area contributed by atoms with Gasteiger partial charge in [0, 0.05) is 13.0 Å². The molecule has 0 aromatic carbocycles. The number of Topliss-reactive ketones (excluding diaryl/α,β-unsaturated/α-hetero) is 1. The smallest absolute Gasteiger partial charge is 0.132 e. The molecule has 0 rings (SSSR count). The molecule has 2 atom stereocenters. The highest BCUT2D eigenvalue weighted by Crippen LogP contribution is 2.08. The van der Waals surface area contributed by atoms with Gasteiger partial charge in [0.15, 0.2) is 0 Å². The maximum atomic E-state index is 10.8. The zero-order valence-electron chi connectivity index (χ0n) is 8.04. The van der Waals surface area contributed by atoms with Crippen molar-refractivity contribution in [2.75, 3.05) is 13.7 Å². The first kappa shape index (κ1) is 11.6. The molecule has 3 nitrogen and oxygen atoms in total. The van der Waals surface area contributed by atoms with Crippen molar-refractivity contribution in [2.24, 2.45) is 5.92 Å². The Morgan fingerprint density at radius 3 is 2.50 bits per heavy atom. The molecule has 3 heteroatoms. The van der Waals surface area contributed by atoms with E-state index in [1.807, 2.05) is 6.92 Å². The fraction of sp³-hybridized carbons (Fsp3) is 0.889. The van der Waals surface area contributed by atoms with Crippen molar-refractivity contribution >= 4 is 5.78 Å². The van der Waals surface area contributed by atoms with Gasteiger partial charge in [0.2, 0.25) is 0 Å². The van der Waals surface area contributed by atoms with Gasteiger partial charge in [0.05, 0.1) is 12.7 Å². The Labute approximate surface area is 73.7 Å². The lowest BCUT2D eigenvalue weighted by atomic mass is 10.00. The van der Waals surface area contributed by atoms with Crippen molar-refractivity contribution in [3.05, 3.63) is 0 Å². The average molecular weight is 174 g/mol. The molecule has 0 aromatic rings. The second-order valence-electron chi connectivity index (χ2n) is 3.20. The predicted octanol–water partition coefficient (Wildman–Crippen LogP) is 0.999. The molecule has 0 aliphatic heterocycles. The second kappa shape index (κ2) is 6.14. The van der Waals surface area contributed by atoms with Crippen LogP contribution in [0, 0.1) is 5.92 Å². The number of hydrogen-bond acceptors (Lipinski definition) is 3. The van der Waals surface area contributed by atoms with Gasteiger partial charge in [-0.15, -0.1) is 0 Å². The number of carbonyl (C=O) groups is 1. The zero-order chi connectivity index (χ0) is 9.56. The highest BCUT2D eigenvalue weighted by atomic mass is 16.5. The third-order valence-corrected chi connectivity index (χ3v) is 1.99. The maximum Gasteiger partial charge on any atom is 0.132 e. The van der Waals surface area contributed by atoms with E-state index < -0.39 is 6.10 Å². The number of rotatable bonds is 6. The molecule has 0 spiro atoms. The lowest BCUT2D eigenvalue weighted by Gasteiger charge is -2.11. The SMILES string of the molecule is COCC(O)CCC(C)C(C)=O. The van der Waals surface area contributed by atoms with Crippen LogP contribution in [0.1, 0.15) is 26.7 Å². The number of aliphatic hydroxyl groups excluding tert-OH is 1. The minimum Gasteiger partial charge on any atom is -0.391 e. The summed E-state index contributed by atoms with van der Waals surface area (Å²) >= 11 is 0. The van der Waals surface area contributed by atoms with Gasteiger partial charge in [-0.3, -0.25) is 4.79 Å². The van der Waals surface area contributed by atoms with Crippen molar-refractivity contribution in [3.8, 4) is 0 Å². The van der Waals surface area contributed by atoms with Crippen molar-refractivity contribution in [1.82, 2.24) is 0 Å². The lowest BCUT2D eigenvalue weighted by Crippen LogP contribution is -2.16. The number of aliphatic hydroxyl groups is 1. The average Bonchev–Trinajstić information content (AvgIpc) is 2.00. The van der Waals surface area contributed by atoms with Gasteiger partial charge in [0.1, 0.15) is 5.78 Å². The van der Waals surface area contributed by atoms with Gasteiger partial charge in [-0.25, -0.2) is 0 Å². The molecule has 2 unspecified atom stereocenters. The fourth-order valence-corrected chi connectivity index (χ4v) is 0.921. The Hall–Kier alpha value is -0.410. The largest absolute Gasteiger partial charge is 0.391 e. The maximum absolute atomic E-state index is 10.8. The molecule has 72 valence electrons. The monoisotopic (exact) mass is 174 g/mol. The third-order valence-electron chi connectivity index (χ3n) is 1.99. The number of ether oxygens (including phenoxy) is 1. The van der Waals surface area contributed by atoms with Gasteiger partial charge in [-0.05, 0) is 19.8 Å². The Balaban J connectivity index is 3.46. The van der Waals surface area contributed by atoms with E-state index in [1.54, 1.807) is 14.0 Å². The summed E-state index contributed by atoms with van der Waals surface area (Å²) in [6.07, 6.45) is 0.936. The van der Waals surface area contributed by atoms with Crippen LogP contribution in [-0.2, 0) is 9.53 Å². The summed E-state index contributed by atoms with van der Waals surface area (Å²) in [6, 6.07) is 0. The first-order valence-electron chi connectivity index (χ1n) is 4.25. The lowest BCUT2D eigenvalue weighted by molar-refractivity contribution is -0.120. The molecule has 0 radical (unpaired) electrons. The summed E-state index contributed by atoms with van der Waals surface area (Å²) < 4.78 is 4.76. The summed E-state index contributed by atoms with van der Waals surface area (Å²) in [6.45, 7) is 3.81. The Bertz CT molecular complexity index is 134. The number of ketones is 1.